The first-order chi connectivity index (χ1) is 11.9. The highest BCUT2D eigenvalue weighted by molar-refractivity contribution is 14.0. The third-order valence-corrected chi connectivity index (χ3v) is 5.38. The maximum absolute atomic E-state index is 6.02. The van der Waals surface area contributed by atoms with E-state index in [1.165, 1.54) is 12.0 Å². The summed E-state index contributed by atoms with van der Waals surface area (Å²) in [4.78, 5) is 4.35. The number of ether oxygens (including phenoxy) is 1. The average molecular weight is 478 g/mol. The number of guanidine groups is 1. The summed E-state index contributed by atoms with van der Waals surface area (Å²) in [5.74, 6) is 1.74. The second-order valence-corrected chi connectivity index (χ2v) is 7.52. The molecule has 0 radical (unpaired) electrons. The Morgan fingerprint density at radius 1 is 1.38 bits per heavy atom. The molecular weight excluding hydrogens is 443 g/mol. The summed E-state index contributed by atoms with van der Waals surface area (Å²) in [7, 11) is 1.81. The fraction of sp³-hybridized carbons (Fsp3) is 0.789. The highest BCUT2D eigenvalue weighted by Gasteiger charge is 2.49. The molecule has 0 saturated heterocycles. The van der Waals surface area contributed by atoms with E-state index in [9.17, 15) is 0 Å². The summed E-state index contributed by atoms with van der Waals surface area (Å²) in [6, 6.07) is 0.379. The van der Waals surface area contributed by atoms with Gasteiger partial charge in [-0.2, -0.15) is 0 Å². The van der Waals surface area contributed by atoms with Crippen molar-refractivity contribution in [2.75, 3.05) is 20.2 Å². The summed E-state index contributed by atoms with van der Waals surface area (Å²) in [6.45, 7) is 12.3. The van der Waals surface area contributed by atoms with Gasteiger partial charge in [-0.05, 0) is 33.1 Å². The highest BCUT2D eigenvalue weighted by Crippen LogP contribution is 2.42. The van der Waals surface area contributed by atoms with Gasteiger partial charge in [0, 0.05) is 37.2 Å². The van der Waals surface area contributed by atoms with Crippen LogP contribution in [0.5, 0.6) is 0 Å². The van der Waals surface area contributed by atoms with Gasteiger partial charge in [0.1, 0.15) is 5.76 Å². The highest BCUT2D eigenvalue weighted by atomic mass is 127. The largest absolute Gasteiger partial charge is 0.378 e. The second-order valence-electron chi connectivity index (χ2n) is 7.52. The number of nitrogens with one attached hydrogen (secondary N) is 2. The monoisotopic (exact) mass is 478 g/mol. The lowest BCUT2D eigenvalue weighted by atomic mass is 9.64. The molecule has 1 fully saturated rings. The maximum atomic E-state index is 6.02. The fourth-order valence-corrected chi connectivity index (χ4v) is 3.31. The Kier molecular flexibility index (Phi) is 9.36. The number of hydrogen-bond donors (Lipinski definition) is 2. The zero-order valence-electron chi connectivity index (χ0n) is 17.0. The Hall–Kier alpha value is -0.830. The van der Waals surface area contributed by atoms with E-state index >= 15 is 0 Å². The van der Waals surface area contributed by atoms with E-state index in [2.05, 4.69) is 41.6 Å². The van der Waals surface area contributed by atoms with Crippen LogP contribution < -0.4 is 10.6 Å². The summed E-state index contributed by atoms with van der Waals surface area (Å²) in [6.07, 6.45) is 4.54. The van der Waals surface area contributed by atoms with Crippen LogP contribution in [0, 0.1) is 19.3 Å². The molecule has 1 saturated carbocycles. The normalized spacial score (nSPS) is 21.7. The molecule has 1 aliphatic carbocycles. The van der Waals surface area contributed by atoms with Gasteiger partial charge < -0.3 is 19.9 Å². The number of aromatic nitrogens is 1. The lowest BCUT2D eigenvalue weighted by Gasteiger charge is -2.52. The fourth-order valence-electron chi connectivity index (χ4n) is 3.31. The van der Waals surface area contributed by atoms with Crippen LogP contribution >= 0.6 is 24.0 Å². The average Bonchev–Trinajstić information content (AvgIpc) is 2.90. The van der Waals surface area contributed by atoms with Gasteiger partial charge in [0.25, 0.3) is 0 Å². The van der Waals surface area contributed by atoms with Gasteiger partial charge in [-0.3, -0.25) is 4.99 Å². The van der Waals surface area contributed by atoms with Gasteiger partial charge in [0.2, 0.25) is 0 Å². The molecule has 26 heavy (non-hydrogen) atoms. The van der Waals surface area contributed by atoms with Crippen molar-refractivity contribution in [1.82, 2.24) is 15.8 Å². The Balaban J connectivity index is 0.00000338. The van der Waals surface area contributed by atoms with Gasteiger partial charge in [0.05, 0.1) is 11.8 Å². The molecule has 2 atom stereocenters. The summed E-state index contributed by atoms with van der Waals surface area (Å²) >= 11 is 0. The third-order valence-electron chi connectivity index (χ3n) is 5.38. The molecule has 6 nitrogen and oxygen atoms in total. The molecule has 2 N–H and O–H groups in total. The molecule has 2 rings (SSSR count). The van der Waals surface area contributed by atoms with Crippen LogP contribution in [0.15, 0.2) is 9.52 Å². The lowest BCUT2D eigenvalue weighted by molar-refractivity contribution is -0.113. The molecule has 1 aromatic rings. The van der Waals surface area contributed by atoms with E-state index in [1.807, 2.05) is 20.9 Å². The third kappa shape index (κ3) is 5.58. The lowest BCUT2D eigenvalue weighted by Crippen LogP contribution is -2.63. The minimum absolute atomic E-state index is 0. The molecule has 0 amide bonds. The van der Waals surface area contributed by atoms with Gasteiger partial charge >= 0.3 is 0 Å². The first-order valence-electron chi connectivity index (χ1n) is 9.40. The van der Waals surface area contributed by atoms with Crippen molar-refractivity contribution in [3.63, 3.8) is 0 Å². The van der Waals surface area contributed by atoms with Crippen molar-refractivity contribution in [1.29, 1.82) is 0 Å². The van der Waals surface area contributed by atoms with Crippen molar-refractivity contribution in [3.05, 3.63) is 17.0 Å². The topological polar surface area (TPSA) is 71.7 Å². The summed E-state index contributed by atoms with van der Waals surface area (Å²) in [5.41, 5.74) is 2.26. The van der Waals surface area contributed by atoms with E-state index in [0.717, 1.165) is 49.8 Å². The number of hydrogen-bond acceptors (Lipinski definition) is 4. The first-order valence-corrected chi connectivity index (χ1v) is 9.40. The van der Waals surface area contributed by atoms with Crippen molar-refractivity contribution < 1.29 is 9.26 Å². The predicted molar refractivity (Wildman–Crippen MR) is 116 cm³/mol. The molecule has 1 aromatic heterocycles. The number of unbranched alkanes of at least 4 members (excludes halogenated alkanes) is 1. The molecule has 150 valence electrons. The summed E-state index contributed by atoms with van der Waals surface area (Å²) in [5, 5.41) is 10.9. The van der Waals surface area contributed by atoms with Crippen LogP contribution in [0.2, 0.25) is 0 Å². The van der Waals surface area contributed by atoms with E-state index in [0.29, 0.717) is 12.1 Å². The van der Waals surface area contributed by atoms with E-state index in [-0.39, 0.29) is 29.4 Å². The van der Waals surface area contributed by atoms with Gasteiger partial charge in [-0.1, -0.05) is 32.3 Å². The Labute approximate surface area is 174 Å². The number of rotatable bonds is 8. The van der Waals surface area contributed by atoms with Crippen molar-refractivity contribution in [3.8, 4) is 0 Å². The number of nitrogens with zero attached hydrogens (tertiary/aromatic N) is 2. The van der Waals surface area contributed by atoms with E-state index in [4.69, 9.17) is 9.26 Å². The second kappa shape index (κ2) is 10.5. The van der Waals surface area contributed by atoms with E-state index in [1.54, 1.807) is 0 Å². The predicted octanol–water partition coefficient (Wildman–Crippen LogP) is 3.60. The zero-order valence-corrected chi connectivity index (χ0v) is 19.3. The van der Waals surface area contributed by atoms with Crippen LogP contribution in [0.3, 0.4) is 0 Å². The molecule has 1 heterocycles. The Bertz CT molecular complexity index is 567. The molecule has 1 aliphatic rings. The first kappa shape index (κ1) is 23.2. The van der Waals surface area contributed by atoms with Gasteiger partial charge in [-0.25, -0.2) is 0 Å². The molecule has 0 spiro atoms. The minimum atomic E-state index is 0. The SMILES string of the molecule is CCCCOC1CC(NC(=NC)NCCc2c(C)noc2C)C1(C)C.I. The van der Waals surface area contributed by atoms with Crippen LogP contribution in [0.1, 0.15) is 57.1 Å². The molecule has 0 bridgehead atoms. The zero-order chi connectivity index (χ0) is 18.4. The Morgan fingerprint density at radius 2 is 2.12 bits per heavy atom. The molecule has 7 heteroatoms. The van der Waals surface area contributed by atoms with E-state index < -0.39 is 0 Å². The number of aryl methyl sites for hydroxylation is 2. The molecular formula is C19H35IN4O2. The molecule has 0 aliphatic heterocycles. The molecule has 0 aromatic carbocycles. The van der Waals surface area contributed by atoms with Crippen LogP contribution in [-0.4, -0.2) is 43.5 Å². The van der Waals surface area contributed by atoms with Gasteiger partial charge in [0.15, 0.2) is 5.96 Å². The number of aliphatic imine (C=N–C) groups is 1. The van der Waals surface area contributed by atoms with Crippen LogP contribution in [0.25, 0.3) is 0 Å². The quantitative estimate of drug-likeness (QED) is 0.259. The summed E-state index contributed by atoms with van der Waals surface area (Å²) < 4.78 is 11.2. The Morgan fingerprint density at radius 3 is 2.65 bits per heavy atom. The van der Waals surface area contributed by atoms with Crippen molar-refractivity contribution in [2.24, 2.45) is 10.4 Å². The smallest absolute Gasteiger partial charge is 0.191 e. The van der Waals surface area contributed by atoms with Crippen LogP contribution in [0.4, 0.5) is 0 Å². The maximum Gasteiger partial charge on any atom is 0.191 e. The minimum Gasteiger partial charge on any atom is -0.378 e. The van der Waals surface area contributed by atoms with Crippen molar-refractivity contribution >= 4 is 29.9 Å². The number of halogens is 1. The van der Waals surface area contributed by atoms with Gasteiger partial charge in [-0.15, -0.1) is 24.0 Å². The van der Waals surface area contributed by atoms with Crippen LogP contribution in [-0.2, 0) is 11.2 Å². The van der Waals surface area contributed by atoms with Crippen molar-refractivity contribution in [2.45, 2.75) is 72.4 Å². The standard InChI is InChI=1S/C19H34N4O2.HI/c1-7-8-11-24-17-12-16(19(17,4)5)22-18(20-6)21-10-9-15-13(2)23-25-14(15)3;/h16-17H,7-12H2,1-6H3,(H2,20,21,22);1H. The molecule has 2 unspecified atom stereocenters.